The zero-order valence-corrected chi connectivity index (χ0v) is 17.4. The molecule has 0 atom stereocenters. The number of rotatable bonds is 4. The lowest BCUT2D eigenvalue weighted by Gasteiger charge is -2.08. The first-order chi connectivity index (χ1) is 14.5. The molecule has 0 bridgehead atoms. The Bertz CT molecular complexity index is 1420. The van der Waals surface area contributed by atoms with Crippen molar-refractivity contribution < 1.29 is 4.57 Å². The first-order valence-corrected chi connectivity index (χ1v) is 12.0. The normalized spacial score (nSPS) is 11.9. The van der Waals surface area contributed by atoms with Crippen molar-refractivity contribution in [2.24, 2.45) is 0 Å². The van der Waals surface area contributed by atoms with E-state index in [4.69, 9.17) is 4.98 Å². The van der Waals surface area contributed by atoms with Gasteiger partial charge in [-0.05, 0) is 31.0 Å². The minimum Gasteiger partial charge on any atom is -0.319 e. The number of hydrogen-bond donors (Lipinski definition) is 0. The highest BCUT2D eigenvalue weighted by Gasteiger charge is 2.13. The van der Waals surface area contributed by atoms with Gasteiger partial charge in [0, 0.05) is 23.3 Å². The van der Waals surface area contributed by atoms with Crippen LogP contribution in [0.1, 0.15) is 5.56 Å². The minimum atomic E-state index is -2.29. The second-order valence-electron chi connectivity index (χ2n) is 7.43. The van der Waals surface area contributed by atoms with E-state index in [2.05, 4.69) is 25.3 Å². The van der Waals surface area contributed by atoms with Gasteiger partial charge in [0.05, 0.1) is 29.5 Å². The lowest BCUT2D eigenvalue weighted by molar-refractivity contribution is 0.588. The molecule has 0 unspecified atom stereocenters. The van der Waals surface area contributed by atoms with Crippen LogP contribution in [0, 0.1) is 0 Å². The highest BCUT2D eigenvalue weighted by molar-refractivity contribution is 7.70. The first kappa shape index (κ1) is 18.5. The molecule has 2 aromatic carbocycles. The van der Waals surface area contributed by atoms with E-state index in [0.717, 1.165) is 27.5 Å². The van der Waals surface area contributed by atoms with E-state index < -0.39 is 7.14 Å². The Morgan fingerprint density at radius 2 is 1.70 bits per heavy atom. The molecule has 5 aromatic rings. The van der Waals surface area contributed by atoms with Gasteiger partial charge in [0.1, 0.15) is 7.14 Å². The van der Waals surface area contributed by atoms with Crippen LogP contribution in [-0.2, 0) is 11.1 Å². The Morgan fingerprint density at radius 3 is 2.47 bits per heavy atom. The van der Waals surface area contributed by atoms with Gasteiger partial charge in [0.2, 0.25) is 5.65 Å². The van der Waals surface area contributed by atoms with Gasteiger partial charge in [-0.1, -0.05) is 35.5 Å². The Labute approximate surface area is 172 Å². The van der Waals surface area contributed by atoms with Crippen LogP contribution in [0.15, 0.2) is 61.1 Å². The smallest absolute Gasteiger partial charge is 0.221 e. The highest BCUT2D eigenvalue weighted by atomic mass is 31.2. The lowest BCUT2D eigenvalue weighted by Crippen LogP contribution is -2.04. The van der Waals surface area contributed by atoms with Gasteiger partial charge >= 0.3 is 0 Å². The molecule has 30 heavy (non-hydrogen) atoms. The molecular formula is C21H18N7OP. The number of benzene rings is 2. The fraction of sp³-hybridized carbons (Fsp3) is 0.143. The topological polar surface area (TPSA) is 99.3 Å². The third-order valence-corrected chi connectivity index (χ3v) is 6.42. The van der Waals surface area contributed by atoms with E-state index in [9.17, 15) is 4.57 Å². The van der Waals surface area contributed by atoms with Gasteiger partial charge in [-0.25, -0.2) is 14.6 Å². The standard InChI is InChI=1S/C21H18N7OP/c1-30(2,29)16-6-4-15(5-7-16)19-12-24-20-21(25-19)28(27-26-20)13-14-3-8-17-18(11-14)23-10-9-22-17/h3-12H,13H2,1-2H3. The molecule has 148 valence electrons. The lowest BCUT2D eigenvalue weighted by atomic mass is 10.2. The van der Waals surface area contributed by atoms with Crippen molar-refractivity contribution in [3.63, 3.8) is 0 Å². The second kappa shape index (κ2) is 7.07. The minimum absolute atomic E-state index is 0.488. The summed E-state index contributed by atoms with van der Waals surface area (Å²) < 4.78 is 14.0. The number of hydrogen-bond acceptors (Lipinski definition) is 7. The molecule has 0 spiro atoms. The van der Waals surface area contributed by atoms with Crippen molar-refractivity contribution >= 4 is 34.8 Å². The van der Waals surface area contributed by atoms with E-state index >= 15 is 0 Å². The second-order valence-corrected chi connectivity index (χ2v) is 10.6. The summed E-state index contributed by atoms with van der Waals surface area (Å²) in [5.74, 6) is 0. The largest absolute Gasteiger partial charge is 0.319 e. The third-order valence-electron chi connectivity index (χ3n) is 4.88. The van der Waals surface area contributed by atoms with Crippen molar-refractivity contribution in [2.45, 2.75) is 6.54 Å². The molecule has 0 aliphatic heterocycles. The summed E-state index contributed by atoms with van der Waals surface area (Å²) in [7, 11) is -2.29. The van der Waals surface area contributed by atoms with E-state index in [1.165, 1.54) is 0 Å². The van der Waals surface area contributed by atoms with Crippen molar-refractivity contribution in [1.82, 2.24) is 34.9 Å². The molecule has 0 aliphatic carbocycles. The summed E-state index contributed by atoms with van der Waals surface area (Å²) in [6.45, 7) is 4.02. The molecule has 0 saturated heterocycles. The van der Waals surface area contributed by atoms with Gasteiger partial charge in [-0.3, -0.25) is 9.97 Å². The number of aromatic nitrogens is 7. The van der Waals surface area contributed by atoms with Gasteiger partial charge < -0.3 is 4.57 Å². The molecule has 0 aliphatic rings. The average molecular weight is 415 g/mol. The zero-order valence-electron chi connectivity index (χ0n) is 16.5. The van der Waals surface area contributed by atoms with Gasteiger partial charge in [-0.15, -0.1) is 5.10 Å². The zero-order chi connectivity index (χ0) is 20.7. The van der Waals surface area contributed by atoms with Crippen molar-refractivity contribution in [3.05, 3.63) is 66.6 Å². The van der Waals surface area contributed by atoms with Crippen LogP contribution in [0.5, 0.6) is 0 Å². The van der Waals surface area contributed by atoms with E-state index in [1.807, 2.05) is 42.5 Å². The van der Waals surface area contributed by atoms with Crippen LogP contribution < -0.4 is 5.30 Å². The summed E-state index contributed by atoms with van der Waals surface area (Å²) in [6.07, 6.45) is 5.03. The number of nitrogens with zero attached hydrogens (tertiary/aromatic N) is 7. The van der Waals surface area contributed by atoms with Crippen molar-refractivity contribution in [3.8, 4) is 11.3 Å². The molecule has 9 heteroatoms. The van der Waals surface area contributed by atoms with Crippen LogP contribution in [-0.4, -0.2) is 48.3 Å². The summed E-state index contributed by atoms with van der Waals surface area (Å²) >= 11 is 0. The maximum absolute atomic E-state index is 12.2. The molecule has 8 nitrogen and oxygen atoms in total. The quantitative estimate of drug-likeness (QED) is 0.416. The van der Waals surface area contributed by atoms with Gasteiger partial charge in [-0.2, -0.15) is 0 Å². The fourth-order valence-corrected chi connectivity index (χ4v) is 4.14. The van der Waals surface area contributed by atoms with E-state index in [0.29, 0.717) is 23.5 Å². The molecule has 3 heterocycles. The molecule has 0 fully saturated rings. The first-order valence-electron chi connectivity index (χ1n) is 9.39. The maximum atomic E-state index is 12.2. The van der Waals surface area contributed by atoms with Crippen LogP contribution in [0.2, 0.25) is 0 Å². The fourth-order valence-electron chi connectivity index (χ4n) is 3.27. The monoisotopic (exact) mass is 415 g/mol. The van der Waals surface area contributed by atoms with E-state index in [1.54, 1.807) is 36.6 Å². The molecule has 5 rings (SSSR count). The molecule has 0 amide bonds. The van der Waals surface area contributed by atoms with E-state index in [-0.39, 0.29) is 0 Å². The predicted octanol–water partition coefficient (Wildman–Crippen LogP) is 3.13. The van der Waals surface area contributed by atoms with Gasteiger partial charge in [0.15, 0.2) is 5.65 Å². The van der Waals surface area contributed by atoms with Crippen molar-refractivity contribution in [2.75, 3.05) is 13.3 Å². The Kier molecular flexibility index (Phi) is 4.37. The maximum Gasteiger partial charge on any atom is 0.221 e. The summed E-state index contributed by atoms with van der Waals surface area (Å²) in [5, 5.41) is 9.19. The third kappa shape index (κ3) is 3.46. The summed E-state index contributed by atoms with van der Waals surface area (Å²) in [5.41, 5.74) is 5.40. The molecule has 0 radical (unpaired) electrons. The van der Waals surface area contributed by atoms with Crippen LogP contribution in [0.4, 0.5) is 0 Å². The molecule has 3 aromatic heterocycles. The summed E-state index contributed by atoms with van der Waals surface area (Å²) in [6, 6.07) is 13.5. The number of fused-ring (bicyclic) bond motifs is 2. The SMILES string of the molecule is CP(C)(=O)c1ccc(-c2cnc3nnn(Cc4ccc5nccnc5c4)c3n2)cc1. The molecular weight excluding hydrogens is 397 g/mol. The highest BCUT2D eigenvalue weighted by Crippen LogP contribution is 2.34. The Hall–Kier alpha value is -3.51. The van der Waals surface area contributed by atoms with Crippen LogP contribution in [0.3, 0.4) is 0 Å². The molecule has 0 N–H and O–H groups in total. The Morgan fingerprint density at radius 1 is 0.933 bits per heavy atom. The van der Waals surface area contributed by atoms with Crippen LogP contribution >= 0.6 is 7.14 Å². The summed E-state index contributed by atoms with van der Waals surface area (Å²) in [4.78, 5) is 17.8. The molecule has 0 saturated carbocycles. The van der Waals surface area contributed by atoms with Crippen LogP contribution in [0.25, 0.3) is 33.6 Å². The average Bonchev–Trinajstić information content (AvgIpc) is 3.15. The predicted molar refractivity (Wildman–Crippen MR) is 116 cm³/mol. The van der Waals surface area contributed by atoms with Crippen molar-refractivity contribution in [1.29, 1.82) is 0 Å². The van der Waals surface area contributed by atoms with Gasteiger partial charge in [0.25, 0.3) is 0 Å². The Balaban J connectivity index is 1.50.